The molecule has 1 heterocycles. The van der Waals surface area contributed by atoms with Crippen molar-refractivity contribution in [2.75, 3.05) is 11.4 Å². The first-order chi connectivity index (χ1) is 7.11. The lowest BCUT2D eigenvalue weighted by Crippen LogP contribution is -2.27. The van der Waals surface area contributed by atoms with Crippen LogP contribution in [0, 0.1) is 19.8 Å². The van der Waals surface area contributed by atoms with E-state index in [0.29, 0.717) is 0 Å². The second kappa shape index (κ2) is 3.69. The highest BCUT2D eigenvalue weighted by molar-refractivity contribution is 5.98. The Morgan fingerprint density at radius 3 is 2.33 bits per heavy atom. The molecule has 1 aliphatic heterocycles. The smallest absolute Gasteiger partial charge is 0.229 e. The van der Waals surface area contributed by atoms with Gasteiger partial charge in [-0.2, -0.15) is 0 Å². The Hall–Kier alpha value is -1.31. The maximum Gasteiger partial charge on any atom is 0.229 e. The zero-order valence-corrected chi connectivity index (χ0v) is 9.58. The van der Waals surface area contributed by atoms with Crippen molar-refractivity contribution in [3.8, 4) is 0 Å². The highest BCUT2D eigenvalue weighted by Gasteiger charge is 2.30. The van der Waals surface area contributed by atoms with E-state index in [1.165, 1.54) is 11.1 Å². The Bertz CT molecular complexity index is 377. The summed E-state index contributed by atoms with van der Waals surface area (Å²) in [6.07, 6.45) is 0.979. The number of para-hydroxylation sites is 1. The van der Waals surface area contributed by atoms with Gasteiger partial charge in [0.15, 0.2) is 0 Å². The van der Waals surface area contributed by atoms with Crippen LogP contribution >= 0.6 is 0 Å². The third-order valence-electron chi connectivity index (χ3n) is 3.18. The Labute approximate surface area is 90.9 Å². The number of hydrogen-bond donors (Lipinski definition) is 0. The van der Waals surface area contributed by atoms with Gasteiger partial charge < -0.3 is 4.90 Å². The summed E-state index contributed by atoms with van der Waals surface area (Å²) in [4.78, 5) is 13.9. The van der Waals surface area contributed by atoms with Crippen LogP contribution < -0.4 is 4.90 Å². The van der Waals surface area contributed by atoms with Crippen molar-refractivity contribution in [1.82, 2.24) is 0 Å². The van der Waals surface area contributed by atoms with Gasteiger partial charge in [-0.15, -0.1) is 0 Å². The van der Waals surface area contributed by atoms with E-state index in [-0.39, 0.29) is 11.8 Å². The number of carbonyl (C=O) groups is 1. The predicted octanol–water partition coefficient (Wildman–Crippen LogP) is 2.68. The predicted molar refractivity (Wildman–Crippen MR) is 62.1 cm³/mol. The van der Waals surface area contributed by atoms with Crippen molar-refractivity contribution in [3.05, 3.63) is 29.3 Å². The van der Waals surface area contributed by atoms with Crippen molar-refractivity contribution < 1.29 is 4.79 Å². The van der Waals surface area contributed by atoms with E-state index < -0.39 is 0 Å². The van der Waals surface area contributed by atoms with Crippen LogP contribution in [-0.2, 0) is 4.79 Å². The minimum atomic E-state index is 0.184. The Kier molecular flexibility index (Phi) is 2.51. The largest absolute Gasteiger partial charge is 0.312 e. The average molecular weight is 203 g/mol. The third kappa shape index (κ3) is 1.65. The van der Waals surface area contributed by atoms with Crippen LogP contribution in [0.3, 0.4) is 0 Å². The van der Waals surface area contributed by atoms with Crippen LogP contribution in [0.2, 0.25) is 0 Å². The van der Waals surface area contributed by atoms with E-state index in [9.17, 15) is 4.79 Å². The summed E-state index contributed by atoms with van der Waals surface area (Å²) in [6, 6.07) is 6.18. The molecule has 2 nitrogen and oxygen atoms in total. The Balaban J connectivity index is 2.42. The van der Waals surface area contributed by atoms with Crippen LogP contribution in [0.1, 0.15) is 24.5 Å². The molecule has 80 valence electrons. The van der Waals surface area contributed by atoms with Gasteiger partial charge in [-0.05, 0) is 31.4 Å². The summed E-state index contributed by atoms with van der Waals surface area (Å²) >= 11 is 0. The van der Waals surface area contributed by atoms with Gasteiger partial charge in [0.2, 0.25) is 5.91 Å². The summed E-state index contributed by atoms with van der Waals surface area (Å²) in [5, 5.41) is 0. The molecule has 1 aromatic rings. The average Bonchev–Trinajstić information content (AvgIpc) is 2.49. The lowest BCUT2D eigenvalue weighted by Gasteiger charge is -2.21. The maximum absolute atomic E-state index is 11.9. The number of hydrogen-bond acceptors (Lipinski definition) is 1. The molecule has 0 saturated carbocycles. The van der Waals surface area contributed by atoms with E-state index in [4.69, 9.17) is 0 Å². The van der Waals surface area contributed by atoms with Gasteiger partial charge in [-0.3, -0.25) is 4.79 Å². The summed E-state index contributed by atoms with van der Waals surface area (Å²) < 4.78 is 0. The molecule has 0 spiro atoms. The molecule has 2 rings (SSSR count). The number of amides is 1. The Morgan fingerprint density at radius 2 is 1.87 bits per heavy atom. The zero-order valence-electron chi connectivity index (χ0n) is 9.58. The first kappa shape index (κ1) is 10.2. The van der Waals surface area contributed by atoms with Crippen molar-refractivity contribution in [2.45, 2.75) is 27.2 Å². The fourth-order valence-electron chi connectivity index (χ4n) is 2.28. The van der Waals surface area contributed by atoms with Gasteiger partial charge in [0.25, 0.3) is 0 Å². The number of nitrogens with zero attached hydrogens (tertiary/aromatic N) is 1. The molecule has 1 aliphatic rings. The SMILES string of the molecule is Cc1cccc(C)c1N1CCC(C)C1=O. The Morgan fingerprint density at radius 1 is 1.27 bits per heavy atom. The molecule has 0 aliphatic carbocycles. The first-order valence-electron chi connectivity index (χ1n) is 5.49. The first-order valence-corrected chi connectivity index (χ1v) is 5.49. The molecular formula is C13H17NO. The van der Waals surface area contributed by atoms with Gasteiger partial charge in [0, 0.05) is 18.2 Å². The van der Waals surface area contributed by atoms with Crippen molar-refractivity contribution in [1.29, 1.82) is 0 Å². The minimum Gasteiger partial charge on any atom is -0.312 e. The minimum absolute atomic E-state index is 0.184. The molecule has 0 N–H and O–H groups in total. The van der Waals surface area contributed by atoms with Gasteiger partial charge in [0.1, 0.15) is 0 Å². The molecule has 0 bridgehead atoms. The second-order valence-corrected chi connectivity index (χ2v) is 4.42. The number of rotatable bonds is 1. The fraction of sp³-hybridized carbons (Fsp3) is 0.462. The summed E-state index contributed by atoms with van der Waals surface area (Å²) in [5.41, 5.74) is 3.50. The van der Waals surface area contributed by atoms with Crippen molar-refractivity contribution in [2.24, 2.45) is 5.92 Å². The van der Waals surface area contributed by atoms with Gasteiger partial charge >= 0.3 is 0 Å². The van der Waals surface area contributed by atoms with E-state index in [1.807, 2.05) is 17.9 Å². The maximum atomic E-state index is 11.9. The molecule has 15 heavy (non-hydrogen) atoms. The molecule has 0 radical (unpaired) electrons. The summed E-state index contributed by atoms with van der Waals surface area (Å²) in [6.45, 7) is 7.01. The molecule has 1 aromatic carbocycles. The van der Waals surface area contributed by atoms with Gasteiger partial charge in [-0.1, -0.05) is 25.1 Å². The van der Waals surface area contributed by atoms with Gasteiger partial charge in [-0.25, -0.2) is 0 Å². The normalized spacial score (nSPS) is 21.1. The van der Waals surface area contributed by atoms with E-state index in [2.05, 4.69) is 26.0 Å². The highest BCUT2D eigenvalue weighted by atomic mass is 16.2. The monoisotopic (exact) mass is 203 g/mol. The number of benzene rings is 1. The molecule has 1 saturated heterocycles. The second-order valence-electron chi connectivity index (χ2n) is 4.42. The number of anilines is 1. The fourth-order valence-corrected chi connectivity index (χ4v) is 2.28. The van der Waals surface area contributed by atoms with Crippen LogP contribution in [-0.4, -0.2) is 12.5 Å². The molecule has 1 amide bonds. The molecule has 1 atom stereocenters. The quantitative estimate of drug-likeness (QED) is 0.687. The van der Waals surface area contributed by atoms with Gasteiger partial charge in [0.05, 0.1) is 0 Å². The summed E-state index contributed by atoms with van der Waals surface area (Å²) in [5.74, 6) is 0.455. The lowest BCUT2D eigenvalue weighted by atomic mass is 10.1. The molecule has 1 unspecified atom stereocenters. The molecular weight excluding hydrogens is 186 g/mol. The molecule has 2 heteroatoms. The van der Waals surface area contributed by atoms with Crippen LogP contribution in [0.15, 0.2) is 18.2 Å². The third-order valence-corrected chi connectivity index (χ3v) is 3.18. The van der Waals surface area contributed by atoms with Crippen molar-refractivity contribution >= 4 is 11.6 Å². The molecule has 0 aromatic heterocycles. The van der Waals surface area contributed by atoms with Crippen LogP contribution in [0.4, 0.5) is 5.69 Å². The number of carbonyl (C=O) groups excluding carboxylic acids is 1. The lowest BCUT2D eigenvalue weighted by molar-refractivity contribution is -0.119. The van der Waals surface area contributed by atoms with Crippen LogP contribution in [0.5, 0.6) is 0 Å². The number of aryl methyl sites for hydroxylation is 2. The van der Waals surface area contributed by atoms with E-state index in [0.717, 1.165) is 18.7 Å². The van der Waals surface area contributed by atoms with E-state index >= 15 is 0 Å². The standard InChI is InChI=1S/C13H17NO/c1-9-5-4-6-10(2)12(9)14-8-7-11(3)13(14)15/h4-6,11H,7-8H2,1-3H3. The zero-order chi connectivity index (χ0) is 11.0. The van der Waals surface area contributed by atoms with Crippen molar-refractivity contribution in [3.63, 3.8) is 0 Å². The van der Waals surface area contributed by atoms with Crippen LogP contribution in [0.25, 0.3) is 0 Å². The van der Waals surface area contributed by atoms with E-state index in [1.54, 1.807) is 0 Å². The topological polar surface area (TPSA) is 20.3 Å². The summed E-state index contributed by atoms with van der Waals surface area (Å²) in [7, 11) is 0. The highest BCUT2D eigenvalue weighted by Crippen LogP contribution is 2.30. The molecule has 1 fully saturated rings.